The van der Waals surface area contributed by atoms with E-state index in [1.54, 1.807) is 12.1 Å². The number of benzene rings is 2. The molecule has 2 N–H and O–H groups in total. The van der Waals surface area contributed by atoms with Crippen molar-refractivity contribution < 1.29 is 17.6 Å². The Balaban J connectivity index is 2.14. The molecule has 1 nitrogen and oxygen atoms in total. The van der Waals surface area contributed by atoms with Gasteiger partial charge in [-0.3, -0.25) is 0 Å². The van der Waals surface area contributed by atoms with Crippen molar-refractivity contribution in [1.82, 2.24) is 0 Å². The van der Waals surface area contributed by atoms with Crippen LogP contribution in [0, 0.1) is 5.82 Å². The van der Waals surface area contributed by atoms with Crippen LogP contribution < -0.4 is 5.73 Å². The first-order chi connectivity index (χ1) is 9.77. The van der Waals surface area contributed by atoms with Gasteiger partial charge in [-0.05, 0) is 36.2 Å². The lowest BCUT2D eigenvalue weighted by atomic mass is 9.98. The third-order valence-electron chi connectivity index (χ3n) is 3.10. The molecule has 2 aromatic carbocycles. The Labute approximate surface area is 127 Å². The number of halogens is 5. The molecule has 2 rings (SSSR count). The monoisotopic (exact) mass is 361 g/mol. The Hall–Kier alpha value is -1.40. The molecule has 0 saturated carbocycles. The molecule has 21 heavy (non-hydrogen) atoms. The third kappa shape index (κ3) is 4.04. The first kappa shape index (κ1) is 16.0. The Kier molecular flexibility index (Phi) is 4.68. The molecule has 0 aromatic heterocycles. The molecule has 0 aliphatic carbocycles. The Morgan fingerprint density at radius 3 is 2.19 bits per heavy atom. The smallest absolute Gasteiger partial charge is 0.324 e. The lowest BCUT2D eigenvalue weighted by Crippen LogP contribution is -2.15. The summed E-state index contributed by atoms with van der Waals surface area (Å²) in [4.78, 5) is 0. The topological polar surface area (TPSA) is 26.0 Å². The summed E-state index contributed by atoms with van der Waals surface area (Å²) in [7, 11) is 0. The van der Waals surface area contributed by atoms with E-state index in [4.69, 9.17) is 5.73 Å². The van der Waals surface area contributed by atoms with Crippen LogP contribution in [-0.2, 0) is 12.6 Å². The molecule has 6 heteroatoms. The van der Waals surface area contributed by atoms with Crippen LogP contribution in [0.5, 0.6) is 0 Å². The molecule has 0 spiro atoms. The standard InChI is InChI=1S/C15H12BrF4N/c16-11-5-6-12(13(17)8-11)14(21)7-9-1-3-10(4-2-9)15(18,19)20/h1-6,8,14H,7,21H2. The maximum Gasteiger partial charge on any atom is 0.416 e. The minimum atomic E-state index is -4.36. The second-order valence-electron chi connectivity index (χ2n) is 4.67. The van der Waals surface area contributed by atoms with Gasteiger partial charge in [0.1, 0.15) is 5.82 Å². The molecule has 1 atom stereocenters. The van der Waals surface area contributed by atoms with Crippen molar-refractivity contribution in [1.29, 1.82) is 0 Å². The molecule has 0 aliphatic heterocycles. The number of alkyl halides is 3. The first-order valence-corrected chi connectivity index (χ1v) is 6.93. The number of nitrogens with two attached hydrogens (primary N) is 1. The van der Waals surface area contributed by atoms with Crippen LogP contribution in [0.15, 0.2) is 46.9 Å². The van der Waals surface area contributed by atoms with Crippen LogP contribution in [-0.4, -0.2) is 0 Å². The molecule has 0 heterocycles. The van der Waals surface area contributed by atoms with E-state index in [0.717, 1.165) is 12.1 Å². The fourth-order valence-electron chi connectivity index (χ4n) is 2.00. The Bertz CT molecular complexity index is 623. The second-order valence-corrected chi connectivity index (χ2v) is 5.59. The summed E-state index contributed by atoms with van der Waals surface area (Å²) in [5.74, 6) is -0.441. The summed E-state index contributed by atoms with van der Waals surface area (Å²) in [5.41, 5.74) is 6.17. The third-order valence-corrected chi connectivity index (χ3v) is 3.59. The predicted molar refractivity (Wildman–Crippen MR) is 76.2 cm³/mol. The van der Waals surface area contributed by atoms with Crippen molar-refractivity contribution in [3.05, 3.63) is 69.4 Å². The highest BCUT2D eigenvalue weighted by molar-refractivity contribution is 9.10. The van der Waals surface area contributed by atoms with E-state index in [-0.39, 0.29) is 6.42 Å². The number of hydrogen-bond donors (Lipinski definition) is 1. The molecule has 0 aliphatic rings. The highest BCUT2D eigenvalue weighted by Crippen LogP contribution is 2.30. The predicted octanol–water partition coefficient (Wildman–Crippen LogP) is 4.85. The summed E-state index contributed by atoms with van der Waals surface area (Å²) in [6, 6.07) is 8.65. The zero-order valence-corrected chi connectivity index (χ0v) is 12.4. The molecule has 1 unspecified atom stereocenters. The van der Waals surface area contributed by atoms with Gasteiger partial charge in [-0.25, -0.2) is 4.39 Å². The maximum atomic E-state index is 13.8. The second kappa shape index (κ2) is 6.15. The fourth-order valence-corrected chi connectivity index (χ4v) is 2.33. The highest BCUT2D eigenvalue weighted by atomic mass is 79.9. The van der Waals surface area contributed by atoms with Gasteiger partial charge in [-0.15, -0.1) is 0 Å². The van der Waals surface area contributed by atoms with Crippen molar-refractivity contribution in [3.8, 4) is 0 Å². The van der Waals surface area contributed by atoms with E-state index in [1.807, 2.05) is 0 Å². The minimum Gasteiger partial charge on any atom is -0.324 e. The molecular formula is C15H12BrF4N. The fraction of sp³-hybridized carbons (Fsp3) is 0.200. The summed E-state index contributed by atoms with van der Waals surface area (Å²) >= 11 is 3.15. The molecule has 0 amide bonds. The van der Waals surface area contributed by atoms with E-state index in [1.165, 1.54) is 18.2 Å². The zero-order chi connectivity index (χ0) is 15.6. The van der Waals surface area contributed by atoms with Gasteiger partial charge in [0.15, 0.2) is 0 Å². The van der Waals surface area contributed by atoms with E-state index in [2.05, 4.69) is 15.9 Å². The normalized spacial score (nSPS) is 13.2. The van der Waals surface area contributed by atoms with Crippen LogP contribution in [0.4, 0.5) is 17.6 Å². The van der Waals surface area contributed by atoms with Gasteiger partial charge in [-0.2, -0.15) is 13.2 Å². The van der Waals surface area contributed by atoms with Gasteiger partial charge in [0.05, 0.1) is 5.56 Å². The van der Waals surface area contributed by atoms with Crippen molar-refractivity contribution in [2.24, 2.45) is 5.73 Å². The maximum absolute atomic E-state index is 13.8. The van der Waals surface area contributed by atoms with Gasteiger partial charge in [0.25, 0.3) is 0 Å². The van der Waals surface area contributed by atoms with Gasteiger partial charge < -0.3 is 5.73 Å². The van der Waals surface area contributed by atoms with Crippen molar-refractivity contribution >= 4 is 15.9 Å². The summed E-state index contributed by atoms with van der Waals surface area (Å²) in [6.45, 7) is 0. The lowest BCUT2D eigenvalue weighted by molar-refractivity contribution is -0.137. The molecule has 2 aromatic rings. The van der Waals surface area contributed by atoms with Crippen LogP contribution in [0.3, 0.4) is 0 Å². The first-order valence-electron chi connectivity index (χ1n) is 6.14. The van der Waals surface area contributed by atoms with Crippen molar-refractivity contribution in [2.75, 3.05) is 0 Å². The number of rotatable bonds is 3. The van der Waals surface area contributed by atoms with Crippen molar-refractivity contribution in [2.45, 2.75) is 18.6 Å². The van der Waals surface area contributed by atoms with E-state index in [0.29, 0.717) is 15.6 Å². The summed E-state index contributed by atoms with van der Waals surface area (Å²) in [6.07, 6.45) is -4.10. The van der Waals surface area contributed by atoms with Gasteiger partial charge in [0.2, 0.25) is 0 Å². The van der Waals surface area contributed by atoms with Gasteiger partial charge >= 0.3 is 6.18 Å². The largest absolute Gasteiger partial charge is 0.416 e. The Morgan fingerprint density at radius 2 is 1.67 bits per heavy atom. The van der Waals surface area contributed by atoms with Crippen LogP contribution in [0.25, 0.3) is 0 Å². The SMILES string of the molecule is NC(Cc1ccc(C(F)(F)F)cc1)c1ccc(Br)cc1F. The average Bonchev–Trinajstić information content (AvgIpc) is 2.38. The number of hydrogen-bond acceptors (Lipinski definition) is 1. The van der Waals surface area contributed by atoms with Crippen molar-refractivity contribution in [3.63, 3.8) is 0 Å². The van der Waals surface area contributed by atoms with Crippen LogP contribution in [0.2, 0.25) is 0 Å². The van der Waals surface area contributed by atoms with Gasteiger partial charge in [-0.1, -0.05) is 34.1 Å². The minimum absolute atomic E-state index is 0.261. The van der Waals surface area contributed by atoms with Crippen LogP contribution in [0.1, 0.15) is 22.7 Å². The highest BCUT2D eigenvalue weighted by Gasteiger charge is 2.30. The summed E-state index contributed by atoms with van der Waals surface area (Å²) < 4.78 is 51.7. The van der Waals surface area contributed by atoms with E-state index in [9.17, 15) is 17.6 Å². The lowest BCUT2D eigenvalue weighted by Gasteiger charge is -2.14. The quantitative estimate of drug-likeness (QED) is 0.777. The van der Waals surface area contributed by atoms with Gasteiger partial charge in [0, 0.05) is 16.1 Å². The molecule has 0 bridgehead atoms. The molecule has 0 fully saturated rings. The Morgan fingerprint density at radius 1 is 1.05 bits per heavy atom. The van der Waals surface area contributed by atoms with E-state index < -0.39 is 23.6 Å². The molecule has 0 saturated heterocycles. The van der Waals surface area contributed by atoms with Crippen LogP contribution >= 0.6 is 15.9 Å². The average molecular weight is 362 g/mol. The molecule has 112 valence electrons. The molecular weight excluding hydrogens is 350 g/mol. The van der Waals surface area contributed by atoms with E-state index >= 15 is 0 Å². The summed E-state index contributed by atoms with van der Waals surface area (Å²) in [5, 5.41) is 0. The zero-order valence-electron chi connectivity index (χ0n) is 10.8. The molecule has 0 radical (unpaired) electrons.